The summed E-state index contributed by atoms with van der Waals surface area (Å²) in [6.45, 7) is 4.42. The zero-order valence-electron chi connectivity index (χ0n) is 14.4. The van der Waals surface area contributed by atoms with E-state index in [2.05, 4.69) is 15.4 Å². The third-order valence-electron chi connectivity index (χ3n) is 5.20. The molecule has 4 heterocycles. The fourth-order valence-electron chi connectivity index (χ4n) is 3.98. The number of carbonyl (C=O) groups excluding carboxylic acids is 3. The van der Waals surface area contributed by atoms with Gasteiger partial charge in [-0.15, -0.1) is 0 Å². The van der Waals surface area contributed by atoms with E-state index in [4.69, 9.17) is 0 Å². The molecule has 3 amide bonds. The van der Waals surface area contributed by atoms with Gasteiger partial charge in [-0.05, 0) is 26.3 Å². The lowest BCUT2D eigenvalue weighted by Gasteiger charge is -2.21. The third kappa shape index (κ3) is 2.24. The van der Waals surface area contributed by atoms with Crippen LogP contribution in [-0.2, 0) is 16.6 Å². The lowest BCUT2D eigenvalue weighted by Crippen LogP contribution is -2.36. The lowest BCUT2D eigenvalue weighted by atomic mass is 9.85. The van der Waals surface area contributed by atoms with Crippen LogP contribution < -0.4 is 5.32 Å². The molecule has 0 aromatic carbocycles. The Morgan fingerprint density at radius 1 is 1.32 bits per heavy atom. The van der Waals surface area contributed by atoms with Gasteiger partial charge in [0.25, 0.3) is 5.91 Å². The lowest BCUT2D eigenvalue weighted by molar-refractivity contribution is -0.128. The Kier molecular flexibility index (Phi) is 3.22. The van der Waals surface area contributed by atoms with Crippen molar-refractivity contribution in [1.82, 2.24) is 25.0 Å². The van der Waals surface area contributed by atoms with Crippen LogP contribution in [0.25, 0.3) is 11.0 Å². The largest absolute Gasteiger partial charge is 0.337 e. The van der Waals surface area contributed by atoms with Gasteiger partial charge in [0.15, 0.2) is 5.65 Å². The molecule has 0 radical (unpaired) electrons. The van der Waals surface area contributed by atoms with Gasteiger partial charge >= 0.3 is 0 Å². The van der Waals surface area contributed by atoms with Crippen LogP contribution in [0.1, 0.15) is 34.6 Å². The molecule has 8 nitrogen and oxygen atoms in total. The fraction of sp³-hybridized carbons (Fsp3) is 0.471. The van der Waals surface area contributed by atoms with Gasteiger partial charge in [-0.3, -0.25) is 24.4 Å². The summed E-state index contributed by atoms with van der Waals surface area (Å²) >= 11 is 0. The summed E-state index contributed by atoms with van der Waals surface area (Å²) in [4.78, 5) is 43.0. The van der Waals surface area contributed by atoms with Crippen LogP contribution in [0.2, 0.25) is 0 Å². The Bertz CT molecular complexity index is 947. The SMILES string of the molecule is Cc1cc(C(=O)N2CC[C@]3(CC(=O)NC3=O)C2)c2c(C)nn(C)c2n1. The number of amides is 3. The molecule has 1 N–H and O–H groups in total. The number of nitrogens with zero attached hydrogens (tertiary/aromatic N) is 4. The third-order valence-corrected chi connectivity index (χ3v) is 5.20. The minimum Gasteiger partial charge on any atom is -0.337 e. The molecule has 25 heavy (non-hydrogen) atoms. The first-order valence-corrected chi connectivity index (χ1v) is 8.25. The molecule has 1 atom stereocenters. The molecule has 0 saturated carbocycles. The second-order valence-corrected chi connectivity index (χ2v) is 7.03. The molecule has 1 spiro atoms. The molecular weight excluding hydrogens is 322 g/mol. The second-order valence-electron chi connectivity index (χ2n) is 7.03. The Labute approximate surface area is 144 Å². The van der Waals surface area contributed by atoms with Gasteiger partial charge in [0.1, 0.15) is 0 Å². The average Bonchev–Trinajstić information content (AvgIpc) is 3.17. The van der Waals surface area contributed by atoms with Crippen LogP contribution in [0.15, 0.2) is 6.07 Å². The quantitative estimate of drug-likeness (QED) is 0.760. The molecule has 2 aliphatic rings. The first kappa shape index (κ1) is 15.7. The zero-order chi connectivity index (χ0) is 17.9. The van der Waals surface area contributed by atoms with Crippen molar-refractivity contribution in [2.75, 3.05) is 13.1 Å². The molecule has 4 rings (SSSR count). The molecule has 2 aliphatic heterocycles. The maximum atomic E-state index is 13.1. The summed E-state index contributed by atoms with van der Waals surface area (Å²) in [5.41, 5.74) is 1.94. The van der Waals surface area contributed by atoms with Crippen molar-refractivity contribution in [1.29, 1.82) is 0 Å². The number of hydrogen-bond donors (Lipinski definition) is 1. The van der Waals surface area contributed by atoms with E-state index >= 15 is 0 Å². The highest BCUT2D eigenvalue weighted by molar-refractivity contribution is 6.09. The molecule has 130 valence electrons. The predicted octanol–water partition coefficient (Wildman–Crippen LogP) is 0.464. The molecule has 2 aromatic heterocycles. The van der Waals surface area contributed by atoms with E-state index in [1.54, 1.807) is 22.7 Å². The van der Waals surface area contributed by atoms with E-state index in [0.29, 0.717) is 24.2 Å². The van der Waals surface area contributed by atoms with Crippen molar-refractivity contribution in [2.45, 2.75) is 26.7 Å². The molecule has 0 bridgehead atoms. The van der Waals surface area contributed by atoms with Crippen LogP contribution in [0.5, 0.6) is 0 Å². The summed E-state index contributed by atoms with van der Waals surface area (Å²) in [6.07, 6.45) is 0.669. The number of hydrogen-bond acceptors (Lipinski definition) is 5. The van der Waals surface area contributed by atoms with Crippen molar-refractivity contribution in [3.05, 3.63) is 23.0 Å². The van der Waals surface area contributed by atoms with E-state index in [-0.39, 0.29) is 30.7 Å². The van der Waals surface area contributed by atoms with Crippen molar-refractivity contribution in [3.8, 4) is 0 Å². The summed E-state index contributed by atoms with van der Waals surface area (Å²) in [5.74, 6) is -0.665. The van der Waals surface area contributed by atoms with Crippen LogP contribution in [0.3, 0.4) is 0 Å². The Morgan fingerprint density at radius 2 is 2.08 bits per heavy atom. The van der Waals surface area contributed by atoms with Crippen LogP contribution in [0, 0.1) is 19.3 Å². The number of pyridine rings is 1. The topological polar surface area (TPSA) is 97.2 Å². The summed E-state index contributed by atoms with van der Waals surface area (Å²) in [7, 11) is 1.80. The number of rotatable bonds is 1. The van der Waals surface area contributed by atoms with Crippen LogP contribution in [-0.4, -0.2) is 50.5 Å². The number of fused-ring (bicyclic) bond motifs is 1. The number of imide groups is 1. The smallest absolute Gasteiger partial charge is 0.254 e. The minimum absolute atomic E-state index is 0.143. The summed E-state index contributed by atoms with van der Waals surface area (Å²) in [6, 6.07) is 1.77. The van der Waals surface area contributed by atoms with E-state index < -0.39 is 5.41 Å². The molecular formula is C17H19N5O3. The van der Waals surface area contributed by atoms with E-state index in [0.717, 1.165) is 16.8 Å². The van der Waals surface area contributed by atoms with Crippen LogP contribution in [0.4, 0.5) is 0 Å². The van der Waals surface area contributed by atoms with E-state index in [9.17, 15) is 14.4 Å². The standard InChI is InChI=1S/C17H19N5O3/c1-9-6-11(13-10(2)20-21(3)14(13)18-9)15(24)22-5-4-17(8-22)7-12(23)19-16(17)25/h6H,4-5,7-8H2,1-3H3,(H,19,23,25)/t17-/m0/s1. The van der Waals surface area contributed by atoms with Gasteiger partial charge in [-0.1, -0.05) is 0 Å². The van der Waals surface area contributed by atoms with Crippen molar-refractivity contribution in [2.24, 2.45) is 12.5 Å². The highest BCUT2D eigenvalue weighted by Gasteiger charge is 2.52. The van der Waals surface area contributed by atoms with Gasteiger partial charge in [-0.25, -0.2) is 4.98 Å². The number of aromatic nitrogens is 3. The molecule has 2 fully saturated rings. The van der Waals surface area contributed by atoms with Crippen molar-refractivity contribution < 1.29 is 14.4 Å². The van der Waals surface area contributed by atoms with Gasteiger partial charge < -0.3 is 4.90 Å². The van der Waals surface area contributed by atoms with Crippen molar-refractivity contribution >= 4 is 28.8 Å². The molecule has 2 saturated heterocycles. The molecule has 0 aliphatic carbocycles. The van der Waals surface area contributed by atoms with Crippen molar-refractivity contribution in [3.63, 3.8) is 0 Å². The predicted molar refractivity (Wildman–Crippen MR) is 88.7 cm³/mol. The molecule has 8 heteroatoms. The highest BCUT2D eigenvalue weighted by atomic mass is 16.2. The van der Waals surface area contributed by atoms with Gasteiger partial charge in [0.2, 0.25) is 11.8 Å². The first-order chi connectivity index (χ1) is 11.8. The Hall–Kier alpha value is -2.77. The first-order valence-electron chi connectivity index (χ1n) is 8.25. The number of nitrogens with one attached hydrogen (secondary N) is 1. The number of likely N-dealkylation sites (tertiary alicyclic amines) is 1. The van der Waals surface area contributed by atoms with Gasteiger partial charge in [0, 0.05) is 32.3 Å². The summed E-state index contributed by atoms with van der Waals surface area (Å²) < 4.78 is 1.67. The average molecular weight is 341 g/mol. The number of aryl methyl sites for hydroxylation is 3. The fourth-order valence-corrected chi connectivity index (χ4v) is 3.98. The van der Waals surface area contributed by atoms with E-state index in [1.807, 2.05) is 13.8 Å². The normalized spacial score (nSPS) is 23.1. The highest BCUT2D eigenvalue weighted by Crippen LogP contribution is 2.38. The monoisotopic (exact) mass is 341 g/mol. The maximum absolute atomic E-state index is 13.1. The Balaban J connectivity index is 1.72. The summed E-state index contributed by atoms with van der Waals surface area (Å²) in [5, 5.41) is 7.47. The molecule has 2 aromatic rings. The second kappa shape index (κ2) is 5.11. The van der Waals surface area contributed by atoms with Crippen LogP contribution >= 0.6 is 0 Å². The van der Waals surface area contributed by atoms with Gasteiger partial charge in [-0.2, -0.15) is 5.10 Å². The minimum atomic E-state index is -0.766. The maximum Gasteiger partial charge on any atom is 0.254 e. The van der Waals surface area contributed by atoms with E-state index in [1.165, 1.54) is 0 Å². The number of carbonyl (C=O) groups is 3. The zero-order valence-corrected chi connectivity index (χ0v) is 14.4. The Morgan fingerprint density at radius 3 is 2.76 bits per heavy atom. The van der Waals surface area contributed by atoms with Gasteiger partial charge in [0.05, 0.1) is 22.1 Å². The molecule has 0 unspecified atom stereocenters.